The summed E-state index contributed by atoms with van der Waals surface area (Å²) in [6.45, 7) is 2.17. The highest BCUT2D eigenvalue weighted by Gasteiger charge is 2.22. The molecule has 27 heavy (non-hydrogen) atoms. The highest BCUT2D eigenvalue weighted by molar-refractivity contribution is 5.72. The Kier molecular flexibility index (Phi) is 6.35. The van der Waals surface area contributed by atoms with E-state index < -0.39 is 28.8 Å². The third-order valence-electron chi connectivity index (χ3n) is 5.35. The van der Waals surface area contributed by atoms with Gasteiger partial charge in [-0.15, -0.1) is 0 Å². The summed E-state index contributed by atoms with van der Waals surface area (Å²) in [5.41, 5.74) is 0.0495. The van der Waals surface area contributed by atoms with Gasteiger partial charge in [0.25, 0.3) is 0 Å². The molecular formula is C23H24F4. The minimum absolute atomic E-state index is 0.0671. The van der Waals surface area contributed by atoms with Gasteiger partial charge in [-0.25, -0.2) is 17.6 Å². The summed E-state index contributed by atoms with van der Waals surface area (Å²) in [5, 5.41) is 0. The van der Waals surface area contributed by atoms with E-state index in [1.54, 1.807) is 0 Å². The number of halogens is 4. The molecule has 0 bridgehead atoms. The van der Waals surface area contributed by atoms with E-state index in [2.05, 4.69) is 6.92 Å². The second-order valence-corrected chi connectivity index (χ2v) is 7.28. The standard InChI is InChI=1S/C23H24F4/c1-2-3-4-6-15-9-11-16(12-10-15)22-20(26)13-17(14-21(22)27)23-18(24)7-5-8-19(23)25/h5,7-8,11,13-15H,2-4,6,9-10,12H2,1H3. The summed E-state index contributed by atoms with van der Waals surface area (Å²) in [6, 6.07) is 5.41. The van der Waals surface area contributed by atoms with Gasteiger partial charge in [-0.05, 0) is 60.6 Å². The Morgan fingerprint density at radius 2 is 1.56 bits per heavy atom. The zero-order valence-electron chi connectivity index (χ0n) is 15.5. The van der Waals surface area contributed by atoms with E-state index in [0.29, 0.717) is 17.9 Å². The highest BCUT2D eigenvalue weighted by Crippen LogP contribution is 2.37. The highest BCUT2D eigenvalue weighted by atomic mass is 19.1. The molecule has 4 heteroatoms. The Labute approximate surface area is 157 Å². The van der Waals surface area contributed by atoms with Gasteiger partial charge in [0.1, 0.15) is 23.3 Å². The average molecular weight is 376 g/mol. The van der Waals surface area contributed by atoms with E-state index >= 15 is 0 Å². The van der Waals surface area contributed by atoms with Crippen LogP contribution in [-0.4, -0.2) is 0 Å². The van der Waals surface area contributed by atoms with Gasteiger partial charge < -0.3 is 0 Å². The van der Waals surface area contributed by atoms with Crippen LogP contribution in [0.25, 0.3) is 16.7 Å². The number of unbranched alkanes of at least 4 members (excludes halogenated alkanes) is 2. The van der Waals surface area contributed by atoms with Gasteiger partial charge in [0, 0.05) is 5.56 Å². The molecule has 0 spiro atoms. The SMILES string of the molecule is CCCCCC1CC=C(c2c(F)cc(-c3c(F)cccc3F)cc2F)CC1. The summed E-state index contributed by atoms with van der Waals surface area (Å²) in [7, 11) is 0. The van der Waals surface area contributed by atoms with Crippen molar-refractivity contribution in [1.29, 1.82) is 0 Å². The molecule has 0 aromatic heterocycles. The molecule has 2 aromatic rings. The fourth-order valence-corrected chi connectivity index (χ4v) is 3.86. The predicted octanol–water partition coefficient (Wildman–Crippen LogP) is 7.67. The topological polar surface area (TPSA) is 0 Å². The van der Waals surface area contributed by atoms with E-state index in [-0.39, 0.29) is 11.1 Å². The third kappa shape index (κ3) is 4.42. The lowest BCUT2D eigenvalue weighted by atomic mass is 9.83. The van der Waals surface area contributed by atoms with Crippen LogP contribution in [0, 0.1) is 29.2 Å². The smallest absolute Gasteiger partial charge is 0.134 e. The van der Waals surface area contributed by atoms with Crippen molar-refractivity contribution >= 4 is 5.57 Å². The van der Waals surface area contributed by atoms with Gasteiger partial charge >= 0.3 is 0 Å². The van der Waals surface area contributed by atoms with Crippen LogP contribution in [0.5, 0.6) is 0 Å². The molecule has 3 rings (SSSR count). The van der Waals surface area contributed by atoms with E-state index in [4.69, 9.17) is 0 Å². The van der Waals surface area contributed by atoms with Crippen LogP contribution in [0.3, 0.4) is 0 Å². The maximum absolute atomic E-state index is 14.7. The monoisotopic (exact) mass is 376 g/mol. The molecule has 0 saturated heterocycles. The Hall–Kier alpha value is -2.10. The number of rotatable bonds is 6. The Balaban J connectivity index is 1.84. The van der Waals surface area contributed by atoms with Crippen molar-refractivity contribution in [2.45, 2.75) is 51.9 Å². The summed E-state index contributed by atoms with van der Waals surface area (Å²) in [4.78, 5) is 0. The number of allylic oxidation sites excluding steroid dienone is 2. The van der Waals surface area contributed by atoms with Crippen molar-refractivity contribution in [3.63, 3.8) is 0 Å². The summed E-state index contributed by atoms with van der Waals surface area (Å²) in [5.74, 6) is -2.66. The molecule has 0 saturated carbocycles. The molecule has 1 unspecified atom stereocenters. The van der Waals surface area contributed by atoms with Gasteiger partial charge in [0.15, 0.2) is 0 Å². The van der Waals surface area contributed by atoms with Crippen LogP contribution >= 0.6 is 0 Å². The molecule has 0 N–H and O–H groups in total. The van der Waals surface area contributed by atoms with Crippen molar-refractivity contribution in [2.24, 2.45) is 5.92 Å². The Morgan fingerprint density at radius 3 is 2.11 bits per heavy atom. The number of hydrogen-bond donors (Lipinski definition) is 0. The van der Waals surface area contributed by atoms with Crippen molar-refractivity contribution < 1.29 is 17.6 Å². The number of benzene rings is 2. The van der Waals surface area contributed by atoms with Gasteiger partial charge in [-0.1, -0.05) is 44.7 Å². The fourth-order valence-electron chi connectivity index (χ4n) is 3.86. The lowest BCUT2D eigenvalue weighted by Crippen LogP contribution is -2.07. The third-order valence-corrected chi connectivity index (χ3v) is 5.35. The van der Waals surface area contributed by atoms with E-state index in [1.807, 2.05) is 6.08 Å². The molecule has 144 valence electrons. The molecule has 0 radical (unpaired) electrons. The van der Waals surface area contributed by atoms with Crippen molar-refractivity contribution in [3.05, 3.63) is 65.2 Å². The summed E-state index contributed by atoms with van der Waals surface area (Å²) >= 11 is 0. The summed E-state index contributed by atoms with van der Waals surface area (Å²) < 4.78 is 57.2. The van der Waals surface area contributed by atoms with Gasteiger partial charge in [-0.3, -0.25) is 0 Å². The lowest BCUT2D eigenvalue weighted by molar-refractivity contribution is 0.427. The van der Waals surface area contributed by atoms with Crippen LogP contribution < -0.4 is 0 Å². The second-order valence-electron chi connectivity index (χ2n) is 7.28. The van der Waals surface area contributed by atoms with Crippen LogP contribution in [0.15, 0.2) is 36.4 Å². The molecule has 1 atom stereocenters. The zero-order valence-corrected chi connectivity index (χ0v) is 15.5. The summed E-state index contributed by atoms with van der Waals surface area (Å²) in [6.07, 6.45) is 9.01. The quantitative estimate of drug-likeness (QED) is 0.358. The maximum atomic E-state index is 14.7. The van der Waals surface area contributed by atoms with Crippen LogP contribution in [0.4, 0.5) is 17.6 Å². The van der Waals surface area contributed by atoms with Gasteiger partial charge in [-0.2, -0.15) is 0 Å². The van der Waals surface area contributed by atoms with Crippen LogP contribution in [0.1, 0.15) is 57.4 Å². The zero-order chi connectivity index (χ0) is 19.4. The molecule has 1 aliphatic rings. The Bertz CT molecular complexity index is 795. The molecule has 1 aliphatic carbocycles. The van der Waals surface area contributed by atoms with Crippen molar-refractivity contribution in [2.75, 3.05) is 0 Å². The van der Waals surface area contributed by atoms with Crippen LogP contribution in [-0.2, 0) is 0 Å². The first-order chi connectivity index (χ1) is 13.0. The number of hydrogen-bond acceptors (Lipinski definition) is 0. The first-order valence-electron chi connectivity index (χ1n) is 9.64. The fraction of sp³-hybridized carbons (Fsp3) is 0.391. The maximum Gasteiger partial charge on any atom is 0.134 e. The second kappa shape index (κ2) is 8.73. The largest absolute Gasteiger partial charge is 0.206 e. The first kappa shape index (κ1) is 19.7. The van der Waals surface area contributed by atoms with Gasteiger partial charge in [0.05, 0.1) is 5.56 Å². The van der Waals surface area contributed by atoms with E-state index in [0.717, 1.165) is 43.5 Å². The minimum atomic E-state index is -0.839. The van der Waals surface area contributed by atoms with Crippen molar-refractivity contribution in [3.8, 4) is 11.1 Å². The molecular weight excluding hydrogens is 352 g/mol. The molecule has 0 aliphatic heterocycles. The van der Waals surface area contributed by atoms with E-state index in [1.165, 1.54) is 25.3 Å². The minimum Gasteiger partial charge on any atom is -0.206 e. The molecule has 2 aromatic carbocycles. The molecule has 0 heterocycles. The van der Waals surface area contributed by atoms with Gasteiger partial charge in [0.2, 0.25) is 0 Å². The molecule has 0 fully saturated rings. The molecule has 0 nitrogen and oxygen atoms in total. The van der Waals surface area contributed by atoms with Crippen molar-refractivity contribution in [1.82, 2.24) is 0 Å². The predicted molar refractivity (Wildman–Crippen MR) is 101 cm³/mol. The Morgan fingerprint density at radius 1 is 0.889 bits per heavy atom. The van der Waals surface area contributed by atoms with Crippen LogP contribution in [0.2, 0.25) is 0 Å². The first-order valence-corrected chi connectivity index (χ1v) is 9.64. The average Bonchev–Trinajstić information content (AvgIpc) is 2.62. The van der Waals surface area contributed by atoms with E-state index in [9.17, 15) is 17.6 Å². The lowest BCUT2D eigenvalue weighted by Gasteiger charge is -2.23. The molecule has 0 amide bonds. The normalized spacial score (nSPS) is 17.1.